The maximum atomic E-state index is 13.0. The van der Waals surface area contributed by atoms with Gasteiger partial charge in [-0.15, -0.1) is 11.8 Å². The van der Waals surface area contributed by atoms with Crippen molar-refractivity contribution < 1.29 is 19.1 Å². The van der Waals surface area contributed by atoms with Gasteiger partial charge in [-0.05, 0) is 18.2 Å². The molecule has 8 heteroatoms. The Hall–Kier alpha value is -2.09. The van der Waals surface area contributed by atoms with Gasteiger partial charge in [-0.1, -0.05) is 0 Å². The molecule has 6 nitrogen and oxygen atoms in total. The van der Waals surface area contributed by atoms with Crippen molar-refractivity contribution in [1.29, 1.82) is 0 Å². The van der Waals surface area contributed by atoms with E-state index in [2.05, 4.69) is 15.3 Å². The van der Waals surface area contributed by atoms with E-state index in [9.17, 15) is 14.0 Å². The molecule has 0 aliphatic heterocycles. The van der Waals surface area contributed by atoms with E-state index in [1.165, 1.54) is 12.1 Å². The van der Waals surface area contributed by atoms with Crippen molar-refractivity contribution in [2.24, 2.45) is 0 Å². The van der Waals surface area contributed by atoms with Crippen LogP contribution in [0.1, 0.15) is 5.82 Å². The zero-order valence-electron chi connectivity index (χ0n) is 11.1. The zero-order chi connectivity index (χ0) is 15.2. The number of carboxylic acids is 1. The summed E-state index contributed by atoms with van der Waals surface area (Å²) >= 11 is 1.04. The number of amides is 1. The lowest BCUT2D eigenvalue weighted by atomic mass is 10.3. The predicted octanol–water partition coefficient (Wildman–Crippen LogP) is 1.18. The summed E-state index contributed by atoms with van der Waals surface area (Å²) < 4.78 is 13.0. The lowest BCUT2D eigenvalue weighted by molar-refractivity contribution is -0.133. The number of aliphatic carboxylic acids is 1. The smallest absolute Gasteiger partial charge is 0.313 e. The Kier molecular flexibility index (Phi) is 5.15. The van der Waals surface area contributed by atoms with Gasteiger partial charge in [0, 0.05) is 13.0 Å². The fourth-order valence-electron chi connectivity index (χ4n) is 1.76. The van der Waals surface area contributed by atoms with E-state index in [0.29, 0.717) is 29.8 Å². The first kappa shape index (κ1) is 15.3. The van der Waals surface area contributed by atoms with Crippen molar-refractivity contribution in [1.82, 2.24) is 15.3 Å². The largest absolute Gasteiger partial charge is 0.481 e. The first-order chi connectivity index (χ1) is 10.0. The minimum Gasteiger partial charge on any atom is -0.481 e. The van der Waals surface area contributed by atoms with Gasteiger partial charge in [0.25, 0.3) is 0 Å². The molecule has 1 aromatic carbocycles. The van der Waals surface area contributed by atoms with E-state index in [1.807, 2.05) is 0 Å². The van der Waals surface area contributed by atoms with Crippen LogP contribution in [0.15, 0.2) is 18.2 Å². The number of carbonyl (C=O) groups is 2. The SMILES string of the molecule is O=C(O)CSCC(=O)NCCc1nc2ccc(F)cc2[nH]1. The van der Waals surface area contributed by atoms with Crippen LogP contribution in [-0.2, 0) is 16.0 Å². The van der Waals surface area contributed by atoms with Crippen LogP contribution in [0.25, 0.3) is 11.0 Å². The highest BCUT2D eigenvalue weighted by atomic mass is 32.2. The van der Waals surface area contributed by atoms with Gasteiger partial charge in [0.15, 0.2) is 0 Å². The molecule has 2 rings (SSSR count). The van der Waals surface area contributed by atoms with E-state index in [-0.39, 0.29) is 23.2 Å². The number of benzene rings is 1. The van der Waals surface area contributed by atoms with Crippen molar-refractivity contribution in [2.75, 3.05) is 18.1 Å². The normalized spacial score (nSPS) is 10.7. The second-order valence-corrected chi connectivity index (χ2v) is 5.32. The number of imidazole rings is 1. The third kappa shape index (κ3) is 4.75. The maximum absolute atomic E-state index is 13.0. The molecule has 3 N–H and O–H groups in total. The van der Waals surface area contributed by atoms with Crippen molar-refractivity contribution in [3.63, 3.8) is 0 Å². The number of rotatable bonds is 7. The summed E-state index contributed by atoms with van der Waals surface area (Å²) in [6.45, 7) is 0.384. The van der Waals surface area contributed by atoms with Crippen LogP contribution >= 0.6 is 11.8 Å². The second kappa shape index (κ2) is 7.07. The lowest BCUT2D eigenvalue weighted by Gasteiger charge is -2.02. The predicted molar refractivity (Wildman–Crippen MR) is 77.7 cm³/mol. The number of nitrogens with zero attached hydrogens (tertiary/aromatic N) is 1. The first-order valence-electron chi connectivity index (χ1n) is 6.25. The fraction of sp³-hybridized carbons (Fsp3) is 0.308. The number of hydrogen-bond donors (Lipinski definition) is 3. The lowest BCUT2D eigenvalue weighted by Crippen LogP contribution is -2.27. The Morgan fingerprint density at radius 2 is 2.19 bits per heavy atom. The van der Waals surface area contributed by atoms with Gasteiger partial charge in [-0.3, -0.25) is 9.59 Å². The van der Waals surface area contributed by atoms with Gasteiger partial charge in [-0.2, -0.15) is 0 Å². The highest BCUT2D eigenvalue weighted by Crippen LogP contribution is 2.12. The van der Waals surface area contributed by atoms with Crippen LogP contribution < -0.4 is 5.32 Å². The summed E-state index contributed by atoms with van der Waals surface area (Å²) in [6.07, 6.45) is 0.492. The third-order valence-corrected chi connectivity index (χ3v) is 3.55. The summed E-state index contributed by atoms with van der Waals surface area (Å²) in [7, 11) is 0. The van der Waals surface area contributed by atoms with Crippen LogP contribution in [0.4, 0.5) is 4.39 Å². The number of aromatic nitrogens is 2. The Morgan fingerprint density at radius 3 is 2.95 bits per heavy atom. The second-order valence-electron chi connectivity index (χ2n) is 4.33. The number of H-pyrrole nitrogens is 1. The summed E-state index contributed by atoms with van der Waals surface area (Å²) in [5.74, 6) is -0.818. The molecule has 0 fully saturated rings. The quantitative estimate of drug-likeness (QED) is 0.713. The average molecular weight is 311 g/mol. The van der Waals surface area contributed by atoms with E-state index in [1.54, 1.807) is 6.07 Å². The van der Waals surface area contributed by atoms with Crippen molar-refractivity contribution in [2.45, 2.75) is 6.42 Å². The van der Waals surface area contributed by atoms with Gasteiger partial charge in [-0.25, -0.2) is 9.37 Å². The molecular weight excluding hydrogens is 297 g/mol. The minimum atomic E-state index is -0.942. The molecular formula is C13H14FN3O3S. The molecule has 112 valence electrons. The number of thioether (sulfide) groups is 1. The molecule has 1 amide bonds. The van der Waals surface area contributed by atoms with Gasteiger partial charge >= 0.3 is 5.97 Å². The van der Waals surface area contributed by atoms with Crippen molar-refractivity contribution in [3.05, 3.63) is 29.8 Å². The van der Waals surface area contributed by atoms with Gasteiger partial charge in [0.05, 0.1) is 22.5 Å². The number of aromatic amines is 1. The fourth-order valence-corrected chi connectivity index (χ4v) is 2.32. The molecule has 0 aliphatic rings. The molecule has 0 saturated carbocycles. The average Bonchev–Trinajstić information content (AvgIpc) is 2.80. The maximum Gasteiger partial charge on any atom is 0.313 e. The Bertz CT molecular complexity index is 659. The molecule has 21 heavy (non-hydrogen) atoms. The van der Waals surface area contributed by atoms with Crippen LogP contribution in [0.2, 0.25) is 0 Å². The number of halogens is 1. The standard InChI is InChI=1S/C13H14FN3O3S/c14-8-1-2-9-10(5-8)17-11(16-9)3-4-15-12(18)6-21-7-13(19)20/h1-2,5H,3-4,6-7H2,(H,15,18)(H,16,17)(H,19,20). The topological polar surface area (TPSA) is 95.1 Å². The number of carboxylic acid groups (broad SMARTS) is 1. The highest BCUT2D eigenvalue weighted by molar-refractivity contribution is 8.00. The van der Waals surface area contributed by atoms with Gasteiger partial charge in [0.1, 0.15) is 11.6 Å². The first-order valence-corrected chi connectivity index (χ1v) is 7.40. The summed E-state index contributed by atoms with van der Waals surface area (Å²) in [4.78, 5) is 29.0. The molecule has 2 aromatic rings. The number of carbonyl (C=O) groups excluding carboxylic acids is 1. The van der Waals surface area contributed by atoms with Crippen LogP contribution in [0.5, 0.6) is 0 Å². The molecule has 1 aromatic heterocycles. The van der Waals surface area contributed by atoms with E-state index in [0.717, 1.165) is 11.8 Å². The number of fused-ring (bicyclic) bond motifs is 1. The summed E-state index contributed by atoms with van der Waals surface area (Å²) in [5, 5.41) is 11.1. The van der Waals surface area contributed by atoms with E-state index < -0.39 is 5.97 Å². The molecule has 1 heterocycles. The van der Waals surface area contributed by atoms with Crippen LogP contribution in [0, 0.1) is 5.82 Å². The monoisotopic (exact) mass is 311 g/mol. The summed E-state index contributed by atoms with van der Waals surface area (Å²) in [6, 6.07) is 4.30. The Labute approximate surface area is 124 Å². The van der Waals surface area contributed by atoms with Crippen molar-refractivity contribution in [3.8, 4) is 0 Å². The molecule has 0 radical (unpaired) electrons. The number of nitrogens with one attached hydrogen (secondary N) is 2. The molecule has 0 aliphatic carbocycles. The van der Waals surface area contributed by atoms with E-state index in [4.69, 9.17) is 5.11 Å². The molecule has 0 unspecified atom stereocenters. The number of hydrogen-bond acceptors (Lipinski definition) is 4. The Balaban J connectivity index is 1.77. The van der Waals surface area contributed by atoms with Gasteiger partial charge < -0.3 is 15.4 Å². The zero-order valence-corrected chi connectivity index (χ0v) is 11.9. The van der Waals surface area contributed by atoms with Crippen LogP contribution in [-0.4, -0.2) is 45.0 Å². The molecule has 0 bridgehead atoms. The molecule has 0 saturated heterocycles. The minimum absolute atomic E-state index is 0.0947. The van der Waals surface area contributed by atoms with Crippen LogP contribution in [0.3, 0.4) is 0 Å². The highest BCUT2D eigenvalue weighted by Gasteiger charge is 2.06. The van der Waals surface area contributed by atoms with Gasteiger partial charge in [0.2, 0.25) is 5.91 Å². The molecule has 0 spiro atoms. The summed E-state index contributed by atoms with van der Waals surface area (Å²) in [5.41, 5.74) is 1.29. The Morgan fingerprint density at radius 1 is 1.38 bits per heavy atom. The molecule has 0 atom stereocenters. The van der Waals surface area contributed by atoms with Crippen molar-refractivity contribution >= 4 is 34.7 Å². The third-order valence-electron chi connectivity index (χ3n) is 2.64. The van der Waals surface area contributed by atoms with E-state index >= 15 is 0 Å².